The summed E-state index contributed by atoms with van der Waals surface area (Å²) in [6, 6.07) is 18.5. The van der Waals surface area contributed by atoms with Crippen LogP contribution in [0.4, 0.5) is 5.69 Å². The van der Waals surface area contributed by atoms with Crippen LogP contribution in [-0.2, 0) is 15.9 Å². The van der Waals surface area contributed by atoms with Crippen LogP contribution in [0.2, 0.25) is 5.02 Å². The van der Waals surface area contributed by atoms with E-state index in [0.717, 1.165) is 0 Å². The number of esters is 2. The molecule has 0 spiro atoms. The third-order valence-electron chi connectivity index (χ3n) is 5.07. The van der Waals surface area contributed by atoms with E-state index in [1.165, 1.54) is 7.11 Å². The molecule has 156 valence electrons. The predicted molar refractivity (Wildman–Crippen MR) is 115 cm³/mol. The number of anilines is 1. The van der Waals surface area contributed by atoms with Crippen LogP contribution in [0.3, 0.4) is 0 Å². The average Bonchev–Trinajstić information content (AvgIpc) is 2.78. The lowest BCUT2D eigenvalue weighted by atomic mass is 9.93. The molecule has 1 atom stereocenters. The fraction of sp³-hybridized carbons (Fsp3) is 0.125. The highest BCUT2D eigenvalue weighted by atomic mass is 35.5. The molecule has 0 aliphatic carbocycles. The highest BCUT2D eigenvalue weighted by Crippen LogP contribution is 2.34. The molecule has 0 bridgehead atoms. The van der Waals surface area contributed by atoms with Crippen molar-refractivity contribution in [2.45, 2.75) is 12.5 Å². The molecule has 4 rings (SSSR count). The van der Waals surface area contributed by atoms with Gasteiger partial charge >= 0.3 is 11.9 Å². The Hall–Kier alpha value is -3.64. The molecule has 1 aliphatic rings. The van der Waals surface area contributed by atoms with E-state index in [0.29, 0.717) is 39.4 Å². The van der Waals surface area contributed by atoms with Crippen molar-refractivity contribution >= 4 is 35.1 Å². The number of halogens is 1. The summed E-state index contributed by atoms with van der Waals surface area (Å²) in [4.78, 5) is 37.3. The Morgan fingerprint density at radius 3 is 2.58 bits per heavy atom. The first kappa shape index (κ1) is 20.6. The van der Waals surface area contributed by atoms with Gasteiger partial charge in [0.05, 0.1) is 23.9 Å². The lowest BCUT2D eigenvalue weighted by molar-refractivity contribution is 0.0252. The molecule has 0 fully saturated rings. The average molecular weight is 436 g/mol. The lowest BCUT2D eigenvalue weighted by Crippen LogP contribution is -2.23. The van der Waals surface area contributed by atoms with Gasteiger partial charge < -0.3 is 14.8 Å². The summed E-state index contributed by atoms with van der Waals surface area (Å²) < 4.78 is 10.3. The highest BCUT2D eigenvalue weighted by molar-refractivity contribution is 6.31. The first-order chi connectivity index (χ1) is 15.0. The number of carbonyl (C=O) groups excluding carboxylic acids is 3. The van der Waals surface area contributed by atoms with Crippen LogP contribution < -0.4 is 5.32 Å². The van der Waals surface area contributed by atoms with Gasteiger partial charge in [-0.05, 0) is 42.0 Å². The summed E-state index contributed by atoms with van der Waals surface area (Å²) in [6.45, 7) is 0. The molecule has 31 heavy (non-hydrogen) atoms. The molecule has 1 heterocycles. The molecule has 3 aromatic rings. The molecular weight excluding hydrogens is 418 g/mol. The number of cyclic esters (lactones) is 1. The number of benzene rings is 3. The van der Waals surface area contributed by atoms with Gasteiger partial charge in [-0.2, -0.15) is 0 Å². The molecule has 0 saturated carbocycles. The summed E-state index contributed by atoms with van der Waals surface area (Å²) in [6.07, 6.45) is -0.142. The van der Waals surface area contributed by atoms with E-state index in [4.69, 9.17) is 21.1 Å². The lowest BCUT2D eigenvalue weighted by Gasteiger charge is -2.26. The highest BCUT2D eigenvalue weighted by Gasteiger charge is 2.29. The van der Waals surface area contributed by atoms with Gasteiger partial charge in [-0.15, -0.1) is 0 Å². The number of hydrogen-bond donors (Lipinski definition) is 1. The number of methoxy groups -OCH3 is 1. The molecule has 7 heteroatoms. The van der Waals surface area contributed by atoms with Gasteiger partial charge in [0.2, 0.25) is 0 Å². The fourth-order valence-electron chi connectivity index (χ4n) is 3.52. The van der Waals surface area contributed by atoms with E-state index in [1.54, 1.807) is 54.6 Å². The van der Waals surface area contributed by atoms with E-state index in [1.807, 2.05) is 12.1 Å². The number of amides is 1. The van der Waals surface area contributed by atoms with Crippen molar-refractivity contribution < 1.29 is 23.9 Å². The fourth-order valence-corrected chi connectivity index (χ4v) is 3.78. The van der Waals surface area contributed by atoms with Crippen molar-refractivity contribution in [3.8, 4) is 0 Å². The molecule has 0 radical (unpaired) electrons. The minimum Gasteiger partial charge on any atom is -0.465 e. The van der Waals surface area contributed by atoms with Gasteiger partial charge in [0.1, 0.15) is 6.10 Å². The minimum absolute atomic E-state index is 0.249. The normalized spacial score (nSPS) is 14.9. The monoisotopic (exact) mass is 435 g/mol. The molecule has 0 saturated heterocycles. The van der Waals surface area contributed by atoms with Crippen LogP contribution >= 0.6 is 11.6 Å². The van der Waals surface area contributed by atoms with E-state index in [-0.39, 0.29) is 5.56 Å². The molecule has 1 N–H and O–H groups in total. The number of rotatable bonds is 4. The Labute approximate surface area is 183 Å². The molecule has 0 unspecified atom stereocenters. The van der Waals surface area contributed by atoms with Gasteiger partial charge in [0, 0.05) is 22.6 Å². The van der Waals surface area contributed by atoms with E-state index in [2.05, 4.69) is 5.32 Å². The van der Waals surface area contributed by atoms with Crippen LogP contribution in [-0.4, -0.2) is 25.0 Å². The van der Waals surface area contributed by atoms with Gasteiger partial charge in [0.15, 0.2) is 0 Å². The summed E-state index contributed by atoms with van der Waals surface area (Å²) in [5, 5.41) is 3.25. The second-order valence-electron chi connectivity index (χ2n) is 6.98. The third-order valence-corrected chi connectivity index (χ3v) is 5.42. The Balaban J connectivity index is 1.61. The largest absolute Gasteiger partial charge is 0.465 e. The maximum atomic E-state index is 12.8. The maximum absolute atomic E-state index is 12.8. The summed E-state index contributed by atoms with van der Waals surface area (Å²) in [5.41, 5.74) is 2.75. The number of para-hydroxylation sites is 1. The zero-order chi connectivity index (χ0) is 22.0. The SMILES string of the molecule is COC(=O)c1ccccc1NC(=O)c1ccc2c(c1)C[C@@H](c1ccccc1Cl)OC2=O. The Bertz CT molecular complexity index is 1190. The molecular formula is C24H18ClNO5. The topological polar surface area (TPSA) is 81.7 Å². The molecule has 1 aliphatic heterocycles. The summed E-state index contributed by atoms with van der Waals surface area (Å²) in [7, 11) is 1.28. The molecule has 6 nitrogen and oxygen atoms in total. The predicted octanol–water partition coefficient (Wildman–Crippen LogP) is 4.83. The number of fused-ring (bicyclic) bond motifs is 1. The Morgan fingerprint density at radius 1 is 1.06 bits per heavy atom. The van der Waals surface area contributed by atoms with E-state index in [9.17, 15) is 14.4 Å². The summed E-state index contributed by atoms with van der Waals surface area (Å²) in [5.74, 6) is -1.42. The standard InChI is InChI=1S/C24H18ClNO5/c1-30-23(28)18-7-3-5-9-20(18)26-22(27)14-10-11-16-15(12-14)13-21(31-24(16)29)17-6-2-4-8-19(17)25/h2-12,21H,13H2,1H3,(H,26,27)/t21-/m0/s1. The second kappa shape index (κ2) is 8.62. The first-order valence-corrected chi connectivity index (χ1v) is 9.92. The van der Waals surface area contributed by atoms with Crippen molar-refractivity contribution in [1.29, 1.82) is 0 Å². The van der Waals surface area contributed by atoms with Crippen molar-refractivity contribution in [2.24, 2.45) is 0 Å². The zero-order valence-corrected chi connectivity index (χ0v) is 17.3. The van der Waals surface area contributed by atoms with Crippen LogP contribution in [0.5, 0.6) is 0 Å². The number of carbonyl (C=O) groups is 3. The maximum Gasteiger partial charge on any atom is 0.339 e. The second-order valence-corrected chi connectivity index (χ2v) is 7.39. The van der Waals surface area contributed by atoms with Gasteiger partial charge in [-0.1, -0.05) is 41.9 Å². The Morgan fingerprint density at radius 2 is 1.81 bits per heavy atom. The van der Waals surface area contributed by atoms with Gasteiger partial charge in [-0.3, -0.25) is 4.79 Å². The smallest absolute Gasteiger partial charge is 0.339 e. The molecule has 3 aromatic carbocycles. The quantitative estimate of drug-likeness (QED) is 0.593. The molecule has 1 amide bonds. The number of hydrogen-bond acceptors (Lipinski definition) is 5. The van der Waals surface area contributed by atoms with E-state index < -0.39 is 23.9 Å². The van der Waals surface area contributed by atoms with Crippen LogP contribution in [0, 0.1) is 0 Å². The molecule has 0 aromatic heterocycles. The first-order valence-electron chi connectivity index (χ1n) is 9.55. The summed E-state index contributed by atoms with van der Waals surface area (Å²) >= 11 is 6.26. The van der Waals surface area contributed by atoms with Crippen LogP contribution in [0.25, 0.3) is 0 Å². The Kier molecular flexibility index (Phi) is 5.73. The number of nitrogens with one attached hydrogen (secondary N) is 1. The van der Waals surface area contributed by atoms with Crippen molar-refractivity contribution in [1.82, 2.24) is 0 Å². The van der Waals surface area contributed by atoms with Gasteiger partial charge in [-0.25, -0.2) is 9.59 Å². The van der Waals surface area contributed by atoms with Crippen LogP contribution in [0.15, 0.2) is 66.7 Å². The van der Waals surface area contributed by atoms with E-state index >= 15 is 0 Å². The third kappa shape index (κ3) is 4.15. The van der Waals surface area contributed by atoms with Crippen LogP contribution in [0.1, 0.15) is 48.3 Å². The van der Waals surface area contributed by atoms with Crippen molar-refractivity contribution in [2.75, 3.05) is 12.4 Å². The van der Waals surface area contributed by atoms with Crippen molar-refractivity contribution in [3.63, 3.8) is 0 Å². The van der Waals surface area contributed by atoms with Crippen molar-refractivity contribution in [3.05, 3.63) is 99.6 Å². The zero-order valence-electron chi connectivity index (χ0n) is 16.6. The minimum atomic E-state index is -0.549. The number of ether oxygens (including phenoxy) is 2. The van der Waals surface area contributed by atoms with Gasteiger partial charge in [0.25, 0.3) is 5.91 Å².